The van der Waals surface area contributed by atoms with E-state index in [9.17, 15) is 15.0 Å². The second-order valence-electron chi connectivity index (χ2n) is 3.85. The number of nitrogens with zero attached hydrogens (tertiary/aromatic N) is 1. The van der Waals surface area contributed by atoms with Gasteiger partial charge in [-0.25, -0.2) is 4.79 Å². The molecule has 3 N–H and O–H groups in total. The third-order valence-corrected chi connectivity index (χ3v) is 2.64. The Kier molecular flexibility index (Phi) is 3.87. The summed E-state index contributed by atoms with van der Waals surface area (Å²) in [6.45, 7) is -0.471. The molecule has 4 atom stereocenters. The van der Waals surface area contributed by atoms with Gasteiger partial charge in [-0.3, -0.25) is 4.98 Å². The number of aromatic nitrogens is 1. The van der Waals surface area contributed by atoms with Crippen LogP contribution in [0, 0.1) is 0 Å². The van der Waals surface area contributed by atoms with Crippen LogP contribution < -0.4 is 0 Å². The monoisotopic (exact) mass is 255 g/mol. The van der Waals surface area contributed by atoms with Gasteiger partial charge in [0.1, 0.15) is 18.3 Å². The summed E-state index contributed by atoms with van der Waals surface area (Å²) in [4.78, 5) is 15.4. The molecule has 2 heterocycles. The van der Waals surface area contributed by atoms with E-state index in [1.54, 1.807) is 0 Å². The number of esters is 1. The predicted octanol–water partition coefficient (Wildman–Crippen LogP) is -1.32. The van der Waals surface area contributed by atoms with Crippen LogP contribution in [-0.4, -0.2) is 57.5 Å². The van der Waals surface area contributed by atoms with Crippen LogP contribution in [-0.2, 0) is 9.47 Å². The maximum Gasteiger partial charge on any atom is 0.340 e. The van der Waals surface area contributed by atoms with Gasteiger partial charge in [0.2, 0.25) is 6.29 Å². The van der Waals surface area contributed by atoms with E-state index >= 15 is 0 Å². The van der Waals surface area contributed by atoms with Crippen molar-refractivity contribution in [2.45, 2.75) is 24.6 Å². The molecule has 18 heavy (non-hydrogen) atoms. The first-order chi connectivity index (χ1) is 8.63. The van der Waals surface area contributed by atoms with Crippen LogP contribution in [0.15, 0.2) is 24.5 Å². The number of aliphatic hydroxyl groups is 3. The van der Waals surface area contributed by atoms with E-state index in [4.69, 9.17) is 14.6 Å². The summed E-state index contributed by atoms with van der Waals surface area (Å²) in [7, 11) is 0. The Hall–Kier alpha value is -1.54. The number of carbonyl (C=O) groups is 1. The molecule has 0 saturated carbocycles. The molecule has 1 aliphatic rings. The summed E-state index contributed by atoms with van der Waals surface area (Å²) in [5.74, 6) is -0.702. The van der Waals surface area contributed by atoms with Gasteiger partial charge in [0.25, 0.3) is 0 Å². The van der Waals surface area contributed by atoms with Crippen molar-refractivity contribution in [1.82, 2.24) is 4.98 Å². The van der Waals surface area contributed by atoms with Crippen LogP contribution in [0.3, 0.4) is 0 Å². The second kappa shape index (κ2) is 5.40. The minimum atomic E-state index is -1.38. The van der Waals surface area contributed by atoms with Gasteiger partial charge in [-0.15, -0.1) is 0 Å². The third-order valence-electron chi connectivity index (χ3n) is 2.64. The quantitative estimate of drug-likeness (QED) is 0.574. The fraction of sp³-hybridized carbons (Fsp3) is 0.455. The molecule has 0 bridgehead atoms. The number of hydrogen-bond donors (Lipinski definition) is 3. The van der Waals surface area contributed by atoms with Gasteiger partial charge in [0, 0.05) is 12.4 Å². The lowest BCUT2D eigenvalue weighted by molar-refractivity contribution is -0.139. The average molecular weight is 255 g/mol. The van der Waals surface area contributed by atoms with Crippen molar-refractivity contribution < 1.29 is 29.6 Å². The molecule has 1 saturated heterocycles. The van der Waals surface area contributed by atoms with Crippen molar-refractivity contribution in [3.63, 3.8) is 0 Å². The van der Waals surface area contributed by atoms with E-state index in [-0.39, 0.29) is 5.56 Å². The molecular weight excluding hydrogens is 242 g/mol. The lowest BCUT2D eigenvalue weighted by atomic mass is 10.1. The summed E-state index contributed by atoms with van der Waals surface area (Å²) in [5.41, 5.74) is 0.253. The molecule has 0 radical (unpaired) electrons. The molecule has 0 spiro atoms. The molecule has 1 fully saturated rings. The molecule has 1 aliphatic heterocycles. The zero-order valence-corrected chi connectivity index (χ0v) is 9.34. The molecule has 1 aromatic rings. The maximum absolute atomic E-state index is 11.7. The Labute approximate surface area is 103 Å². The first-order valence-electron chi connectivity index (χ1n) is 5.37. The summed E-state index contributed by atoms with van der Waals surface area (Å²) in [6, 6.07) is 2.90. The molecule has 0 aromatic carbocycles. The lowest BCUT2D eigenvalue weighted by Gasteiger charge is -2.15. The van der Waals surface area contributed by atoms with Gasteiger partial charge >= 0.3 is 5.97 Å². The smallest absolute Gasteiger partial charge is 0.340 e. The van der Waals surface area contributed by atoms with Gasteiger partial charge in [-0.1, -0.05) is 0 Å². The highest BCUT2D eigenvalue weighted by atomic mass is 16.7. The molecule has 7 heteroatoms. The van der Waals surface area contributed by atoms with Crippen molar-refractivity contribution in [1.29, 1.82) is 0 Å². The average Bonchev–Trinajstić information content (AvgIpc) is 2.67. The molecule has 0 amide bonds. The van der Waals surface area contributed by atoms with Crippen molar-refractivity contribution in [3.05, 3.63) is 30.1 Å². The first kappa shape index (κ1) is 12.9. The second-order valence-corrected chi connectivity index (χ2v) is 3.85. The summed E-state index contributed by atoms with van der Waals surface area (Å²) >= 11 is 0. The van der Waals surface area contributed by atoms with Crippen LogP contribution in [0.25, 0.3) is 0 Å². The van der Waals surface area contributed by atoms with Crippen molar-refractivity contribution in [2.75, 3.05) is 6.61 Å². The number of hydrogen-bond acceptors (Lipinski definition) is 7. The number of pyridine rings is 1. The largest absolute Gasteiger partial charge is 0.429 e. The van der Waals surface area contributed by atoms with E-state index < -0.39 is 37.2 Å². The zero-order chi connectivity index (χ0) is 13.1. The zero-order valence-electron chi connectivity index (χ0n) is 9.34. The van der Waals surface area contributed by atoms with Crippen molar-refractivity contribution in [2.24, 2.45) is 0 Å². The van der Waals surface area contributed by atoms with Gasteiger partial charge < -0.3 is 24.8 Å². The van der Waals surface area contributed by atoms with Crippen LogP contribution in [0.1, 0.15) is 10.4 Å². The Balaban J connectivity index is 2.00. The molecule has 2 rings (SSSR count). The lowest BCUT2D eigenvalue weighted by Crippen LogP contribution is -2.35. The number of ether oxygens (including phenoxy) is 2. The fourth-order valence-corrected chi connectivity index (χ4v) is 1.62. The normalized spacial score (nSPS) is 31.3. The molecule has 1 aromatic heterocycles. The van der Waals surface area contributed by atoms with Crippen LogP contribution >= 0.6 is 0 Å². The van der Waals surface area contributed by atoms with Crippen LogP contribution in [0.4, 0.5) is 0 Å². The topological polar surface area (TPSA) is 109 Å². The Morgan fingerprint density at radius 1 is 1.33 bits per heavy atom. The SMILES string of the molecule is O=C(OC1O[C@H](CO)[C@@H](O)[C@H]1O)c1ccncc1. The fourth-order valence-electron chi connectivity index (χ4n) is 1.62. The van der Waals surface area contributed by atoms with Crippen molar-refractivity contribution in [3.8, 4) is 0 Å². The Morgan fingerprint density at radius 3 is 2.56 bits per heavy atom. The van der Waals surface area contributed by atoms with E-state index in [1.807, 2.05) is 0 Å². The minimum Gasteiger partial charge on any atom is -0.429 e. The molecule has 1 unspecified atom stereocenters. The van der Waals surface area contributed by atoms with Gasteiger partial charge in [-0.05, 0) is 12.1 Å². The molecule has 98 valence electrons. The Morgan fingerprint density at radius 2 is 2.00 bits per heavy atom. The standard InChI is InChI=1S/C11H13NO6/c13-5-7-8(14)9(15)11(17-7)18-10(16)6-1-3-12-4-2-6/h1-4,7-9,11,13-15H,5H2/t7-,8-,9-,11?/m1/s1. The van der Waals surface area contributed by atoms with Crippen molar-refractivity contribution >= 4 is 5.97 Å². The minimum absolute atomic E-state index is 0.253. The number of carbonyl (C=O) groups excluding carboxylic acids is 1. The van der Waals surface area contributed by atoms with E-state index in [1.165, 1.54) is 24.5 Å². The number of aliphatic hydroxyl groups excluding tert-OH is 3. The highest BCUT2D eigenvalue weighted by Gasteiger charge is 2.44. The van der Waals surface area contributed by atoms with Crippen LogP contribution in [0.5, 0.6) is 0 Å². The first-order valence-corrected chi connectivity index (χ1v) is 5.37. The Bertz CT molecular complexity index is 411. The van der Waals surface area contributed by atoms with E-state index in [0.29, 0.717) is 0 Å². The highest BCUT2D eigenvalue weighted by molar-refractivity contribution is 5.89. The third kappa shape index (κ3) is 2.49. The van der Waals surface area contributed by atoms with Gasteiger partial charge in [0.15, 0.2) is 0 Å². The summed E-state index contributed by atoms with van der Waals surface area (Å²) in [6.07, 6.45) is -2.08. The molecule has 0 aliphatic carbocycles. The van der Waals surface area contributed by atoms with Gasteiger partial charge in [-0.2, -0.15) is 0 Å². The maximum atomic E-state index is 11.7. The number of rotatable bonds is 3. The van der Waals surface area contributed by atoms with Gasteiger partial charge in [0.05, 0.1) is 12.2 Å². The predicted molar refractivity (Wildman–Crippen MR) is 57.4 cm³/mol. The van der Waals surface area contributed by atoms with E-state index in [0.717, 1.165) is 0 Å². The molecular formula is C11H13NO6. The summed E-state index contributed by atoms with van der Waals surface area (Å²) < 4.78 is 9.92. The highest BCUT2D eigenvalue weighted by Crippen LogP contribution is 2.22. The van der Waals surface area contributed by atoms with E-state index in [2.05, 4.69) is 4.98 Å². The summed E-state index contributed by atoms with van der Waals surface area (Å²) in [5, 5.41) is 27.9. The molecule has 7 nitrogen and oxygen atoms in total. The van der Waals surface area contributed by atoms with Crippen LogP contribution in [0.2, 0.25) is 0 Å².